The Morgan fingerprint density at radius 3 is 2.28 bits per heavy atom. The summed E-state index contributed by atoms with van der Waals surface area (Å²) in [5.74, 6) is 0.847. The molecule has 0 unspecified atom stereocenters. The smallest absolute Gasteiger partial charge is 0.315 e. The highest BCUT2D eigenvalue weighted by atomic mass is 16.5. The van der Waals surface area contributed by atoms with E-state index in [0.29, 0.717) is 6.61 Å². The van der Waals surface area contributed by atoms with Gasteiger partial charge >= 0.3 is 6.03 Å². The van der Waals surface area contributed by atoms with Crippen molar-refractivity contribution in [3.63, 3.8) is 0 Å². The largest absolute Gasteiger partial charge is 0.494 e. The van der Waals surface area contributed by atoms with Gasteiger partial charge in [-0.05, 0) is 45.4 Å². The molecule has 2 N–H and O–H groups in total. The molecule has 0 heterocycles. The summed E-state index contributed by atoms with van der Waals surface area (Å²) in [6.07, 6.45) is 0. The second-order valence-corrected chi connectivity index (χ2v) is 4.50. The van der Waals surface area contributed by atoms with Crippen LogP contribution in [0.2, 0.25) is 0 Å². The topological polar surface area (TPSA) is 50.4 Å². The van der Waals surface area contributed by atoms with E-state index in [2.05, 4.69) is 10.6 Å². The van der Waals surface area contributed by atoms with Crippen LogP contribution in [-0.4, -0.2) is 18.7 Å². The van der Waals surface area contributed by atoms with Crippen LogP contribution in [0.3, 0.4) is 0 Å². The van der Waals surface area contributed by atoms with Crippen LogP contribution in [-0.2, 0) is 0 Å². The van der Waals surface area contributed by atoms with Crippen LogP contribution in [0, 0.1) is 0 Å². The number of urea groups is 1. The second kappa shape index (κ2) is 6.89. The molecule has 100 valence electrons. The summed E-state index contributed by atoms with van der Waals surface area (Å²) in [7, 11) is 0. The molecule has 0 saturated heterocycles. The number of ether oxygens (including phenoxy) is 1. The van der Waals surface area contributed by atoms with Gasteiger partial charge in [0.25, 0.3) is 0 Å². The monoisotopic (exact) mass is 250 g/mol. The van der Waals surface area contributed by atoms with Gasteiger partial charge in [0.2, 0.25) is 0 Å². The summed E-state index contributed by atoms with van der Waals surface area (Å²) >= 11 is 0. The van der Waals surface area contributed by atoms with E-state index >= 15 is 0 Å². The van der Waals surface area contributed by atoms with E-state index in [4.69, 9.17) is 4.74 Å². The number of nitrogens with one attached hydrogen (secondary N) is 2. The van der Waals surface area contributed by atoms with Gasteiger partial charge in [0.15, 0.2) is 0 Å². The second-order valence-electron chi connectivity index (χ2n) is 4.50. The molecule has 4 heteroatoms. The number of hydrogen-bond donors (Lipinski definition) is 2. The zero-order valence-corrected chi connectivity index (χ0v) is 11.5. The van der Waals surface area contributed by atoms with Crippen molar-refractivity contribution in [3.8, 4) is 5.75 Å². The van der Waals surface area contributed by atoms with Crippen LogP contribution in [0.5, 0.6) is 5.75 Å². The van der Waals surface area contributed by atoms with Gasteiger partial charge in [0, 0.05) is 6.04 Å². The van der Waals surface area contributed by atoms with Crippen molar-refractivity contribution in [1.82, 2.24) is 10.6 Å². The number of hydrogen-bond acceptors (Lipinski definition) is 2. The molecule has 0 radical (unpaired) electrons. The molecule has 18 heavy (non-hydrogen) atoms. The summed E-state index contributed by atoms with van der Waals surface area (Å²) in [6.45, 7) is 8.43. The Labute approximate surface area is 109 Å². The normalized spacial score (nSPS) is 12.1. The van der Waals surface area contributed by atoms with Crippen molar-refractivity contribution in [1.29, 1.82) is 0 Å². The fourth-order valence-corrected chi connectivity index (χ4v) is 1.60. The van der Waals surface area contributed by atoms with Crippen molar-refractivity contribution in [2.24, 2.45) is 0 Å². The molecular formula is C14H22N2O2. The summed E-state index contributed by atoms with van der Waals surface area (Å²) in [6, 6.07) is 7.72. The highest BCUT2D eigenvalue weighted by Gasteiger charge is 2.09. The van der Waals surface area contributed by atoms with E-state index in [1.807, 2.05) is 52.0 Å². The predicted octanol–water partition coefficient (Wildman–Crippen LogP) is 2.85. The molecule has 0 saturated carbocycles. The van der Waals surface area contributed by atoms with Gasteiger partial charge in [0.1, 0.15) is 5.75 Å². The van der Waals surface area contributed by atoms with Gasteiger partial charge in [-0.25, -0.2) is 4.79 Å². The first-order valence-corrected chi connectivity index (χ1v) is 6.32. The quantitative estimate of drug-likeness (QED) is 0.844. The number of rotatable bonds is 5. The lowest BCUT2D eigenvalue weighted by molar-refractivity contribution is 0.235. The fraction of sp³-hybridized carbons (Fsp3) is 0.500. The minimum atomic E-state index is -0.147. The predicted molar refractivity (Wildman–Crippen MR) is 72.8 cm³/mol. The molecule has 2 amide bonds. The average molecular weight is 250 g/mol. The van der Waals surface area contributed by atoms with Gasteiger partial charge < -0.3 is 15.4 Å². The highest BCUT2D eigenvalue weighted by molar-refractivity contribution is 5.74. The Morgan fingerprint density at radius 1 is 1.17 bits per heavy atom. The van der Waals surface area contributed by atoms with Crippen LogP contribution in [0.15, 0.2) is 24.3 Å². The summed E-state index contributed by atoms with van der Waals surface area (Å²) in [4.78, 5) is 11.6. The molecule has 0 aliphatic rings. The maximum absolute atomic E-state index is 11.6. The molecule has 0 aliphatic heterocycles. The molecular weight excluding hydrogens is 228 g/mol. The Morgan fingerprint density at radius 2 is 1.78 bits per heavy atom. The van der Waals surface area contributed by atoms with Crippen LogP contribution >= 0.6 is 0 Å². The molecule has 0 aromatic heterocycles. The lowest BCUT2D eigenvalue weighted by atomic mass is 10.1. The van der Waals surface area contributed by atoms with Gasteiger partial charge in [-0.15, -0.1) is 0 Å². The Hall–Kier alpha value is -1.71. The van der Waals surface area contributed by atoms with Crippen LogP contribution in [0.25, 0.3) is 0 Å². The van der Waals surface area contributed by atoms with Crippen molar-refractivity contribution in [3.05, 3.63) is 29.8 Å². The maximum Gasteiger partial charge on any atom is 0.315 e. The molecule has 1 aromatic carbocycles. The summed E-state index contributed by atoms with van der Waals surface area (Å²) < 4.78 is 5.37. The Kier molecular flexibility index (Phi) is 5.49. The van der Waals surface area contributed by atoms with E-state index in [-0.39, 0.29) is 18.1 Å². The van der Waals surface area contributed by atoms with Crippen molar-refractivity contribution >= 4 is 6.03 Å². The lowest BCUT2D eigenvalue weighted by Gasteiger charge is -2.16. The third-order valence-corrected chi connectivity index (χ3v) is 2.46. The standard InChI is InChI=1S/C14H22N2O2/c1-5-18-13-8-6-12(7-9-13)11(4)16-14(17)15-10(2)3/h6-11H,5H2,1-4H3,(H2,15,16,17)/t11-/m1/s1. The minimum absolute atomic E-state index is 0.0283. The van der Waals surface area contributed by atoms with Crippen molar-refractivity contribution in [2.45, 2.75) is 39.8 Å². The molecule has 0 aliphatic carbocycles. The molecule has 0 spiro atoms. The number of carbonyl (C=O) groups is 1. The minimum Gasteiger partial charge on any atom is -0.494 e. The van der Waals surface area contributed by atoms with Crippen molar-refractivity contribution < 1.29 is 9.53 Å². The van der Waals surface area contributed by atoms with E-state index in [1.165, 1.54) is 0 Å². The van der Waals surface area contributed by atoms with Gasteiger partial charge in [0.05, 0.1) is 12.6 Å². The average Bonchev–Trinajstić information content (AvgIpc) is 2.29. The summed E-state index contributed by atoms with van der Waals surface area (Å²) in [5, 5.41) is 5.69. The van der Waals surface area contributed by atoms with Crippen LogP contribution in [0.1, 0.15) is 39.3 Å². The Bertz CT molecular complexity index is 374. The van der Waals surface area contributed by atoms with E-state index in [0.717, 1.165) is 11.3 Å². The summed E-state index contributed by atoms with van der Waals surface area (Å²) in [5.41, 5.74) is 1.05. The molecule has 0 fully saturated rings. The third kappa shape index (κ3) is 4.65. The van der Waals surface area contributed by atoms with Crippen LogP contribution in [0.4, 0.5) is 4.79 Å². The molecule has 1 rings (SSSR count). The fourth-order valence-electron chi connectivity index (χ4n) is 1.60. The third-order valence-electron chi connectivity index (χ3n) is 2.46. The first-order chi connectivity index (χ1) is 8.52. The van der Waals surface area contributed by atoms with Gasteiger partial charge in [-0.1, -0.05) is 12.1 Å². The zero-order chi connectivity index (χ0) is 13.5. The van der Waals surface area contributed by atoms with Crippen molar-refractivity contribution in [2.75, 3.05) is 6.61 Å². The van der Waals surface area contributed by atoms with E-state index in [9.17, 15) is 4.79 Å². The Balaban J connectivity index is 2.55. The highest BCUT2D eigenvalue weighted by Crippen LogP contribution is 2.17. The lowest BCUT2D eigenvalue weighted by Crippen LogP contribution is -2.40. The van der Waals surface area contributed by atoms with Gasteiger partial charge in [-0.2, -0.15) is 0 Å². The molecule has 1 atom stereocenters. The van der Waals surface area contributed by atoms with E-state index < -0.39 is 0 Å². The number of benzene rings is 1. The number of amides is 2. The first-order valence-electron chi connectivity index (χ1n) is 6.32. The van der Waals surface area contributed by atoms with E-state index in [1.54, 1.807) is 0 Å². The zero-order valence-electron chi connectivity index (χ0n) is 11.5. The SMILES string of the molecule is CCOc1ccc([C@@H](C)NC(=O)NC(C)C)cc1. The molecule has 4 nitrogen and oxygen atoms in total. The van der Waals surface area contributed by atoms with Gasteiger partial charge in [-0.3, -0.25) is 0 Å². The molecule has 1 aromatic rings. The first kappa shape index (κ1) is 14.4. The maximum atomic E-state index is 11.6. The molecule has 0 bridgehead atoms. The van der Waals surface area contributed by atoms with Crippen LogP contribution < -0.4 is 15.4 Å². The number of carbonyl (C=O) groups excluding carboxylic acids is 1.